The zero-order valence-corrected chi connectivity index (χ0v) is 12.5. The van der Waals surface area contributed by atoms with Crippen molar-refractivity contribution < 1.29 is 4.39 Å². The van der Waals surface area contributed by atoms with Gasteiger partial charge in [-0.25, -0.2) is 9.37 Å². The van der Waals surface area contributed by atoms with Gasteiger partial charge in [-0.15, -0.1) is 11.3 Å². The van der Waals surface area contributed by atoms with E-state index in [9.17, 15) is 4.39 Å². The number of rotatable bonds is 5. The van der Waals surface area contributed by atoms with Crippen molar-refractivity contribution in [2.45, 2.75) is 25.9 Å². The minimum Gasteiger partial charge on any atom is -0.302 e. The van der Waals surface area contributed by atoms with Gasteiger partial charge in [-0.2, -0.15) is 0 Å². The average molecular weight is 301 g/mol. The molecule has 1 N–H and O–H groups in total. The van der Waals surface area contributed by atoms with Gasteiger partial charge < -0.3 is 5.32 Å². The predicted octanol–water partition coefficient (Wildman–Crippen LogP) is 4.07. The van der Waals surface area contributed by atoms with Gasteiger partial charge in [0.25, 0.3) is 0 Å². The molecule has 0 aliphatic heterocycles. The highest BCUT2D eigenvalue weighted by molar-refractivity contribution is 7.18. The molecule has 0 bridgehead atoms. The first kappa shape index (κ1) is 14.1. The van der Waals surface area contributed by atoms with Crippen LogP contribution in [0.3, 0.4) is 0 Å². The van der Waals surface area contributed by atoms with E-state index in [0.29, 0.717) is 6.54 Å². The summed E-state index contributed by atoms with van der Waals surface area (Å²) >= 11 is 1.69. The third-order valence-electron chi connectivity index (χ3n) is 3.35. The van der Waals surface area contributed by atoms with Crippen LogP contribution in [0.5, 0.6) is 0 Å². The van der Waals surface area contributed by atoms with Crippen LogP contribution in [0.2, 0.25) is 0 Å². The number of aromatic nitrogens is 2. The lowest BCUT2D eigenvalue weighted by molar-refractivity contribution is 0.503. The fourth-order valence-electron chi connectivity index (χ4n) is 2.26. The summed E-state index contributed by atoms with van der Waals surface area (Å²) in [6.07, 6.45) is 2.15. The standard InChI is InChI=1S/C16H16FN3S/c1-2-12(13-8-7-11(17)9-18-13)19-10-16-20-14-5-3-4-6-15(14)21-16/h3-9,12,19H,2,10H2,1H3. The van der Waals surface area contributed by atoms with Crippen molar-refractivity contribution in [3.05, 3.63) is 59.1 Å². The number of thiazole rings is 1. The molecule has 1 atom stereocenters. The number of para-hydroxylation sites is 1. The molecule has 1 unspecified atom stereocenters. The van der Waals surface area contributed by atoms with E-state index in [1.807, 2.05) is 18.2 Å². The van der Waals surface area contributed by atoms with Crippen LogP contribution >= 0.6 is 11.3 Å². The topological polar surface area (TPSA) is 37.8 Å². The third-order valence-corrected chi connectivity index (χ3v) is 4.39. The van der Waals surface area contributed by atoms with Gasteiger partial charge in [0, 0.05) is 12.6 Å². The minimum absolute atomic E-state index is 0.109. The second-order valence-electron chi connectivity index (χ2n) is 4.82. The highest BCUT2D eigenvalue weighted by Gasteiger charge is 2.11. The Bertz CT molecular complexity index is 691. The normalized spacial score (nSPS) is 12.7. The molecule has 3 aromatic rings. The maximum atomic E-state index is 12.9. The molecule has 0 fully saturated rings. The first-order valence-corrected chi connectivity index (χ1v) is 7.77. The molecule has 2 aromatic heterocycles. The van der Waals surface area contributed by atoms with E-state index in [2.05, 4.69) is 28.3 Å². The Labute approximate surface area is 126 Å². The number of hydrogen-bond donors (Lipinski definition) is 1. The van der Waals surface area contributed by atoms with Gasteiger partial charge in [-0.1, -0.05) is 19.1 Å². The summed E-state index contributed by atoms with van der Waals surface area (Å²) in [5.74, 6) is -0.306. The average Bonchev–Trinajstić information content (AvgIpc) is 2.92. The number of halogens is 1. The number of fused-ring (bicyclic) bond motifs is 1. The van der Waals surface area contributed by atoms with Gasteiger partial charge >= 0.3 is 0 Å². The molecule has 0 saturated carbocycles. The molecule has 0 spiro atoms. The molecule has 0 aliphatic carbocycles. The monoisotopic (exact) mass is 301 g/mol. The van der Waals surface area contributed by atoms with E-state index in [1.165, 1.54) is 17.0 Å². The molecule has 3 rings (SSSR count). The van der Waals surface area contributed by atoms with Crippen LogP contribution in [0.4, 0.5) is 4.39 Å². The van der Waals surface area contributed by atoms with E-state index in [0.717, 1.165) is 22.6 Å². The molecular formula is C16H16FN3S. The van der Waals surface area contributed by atoms with Crippen LogP contribution in [0.1, 0.15) is 30.1 Å². The van der Waals surface area contributed by atoms with Gasteiger partial charge in [0.15, 0.2) is 0 Å². The Kier molecular flexibility index (Phi) is 4.22. The second kappa shape index (κ2) is 6.28. The highest BCUT2D eigenvalue weighted by atomic mass is 32.1. The zero-order chi connectivity index (χ0) is 14.7. The minimum atomic E-state index is -0.306. The van der Waals surface area contributed by atoms with Crippen molar-refractivity contribution in [1.82, 2.24) is 15.3 Å². The Hall–Kier alpha value is -1.85. The summed E-state index contributed by atoms with van der Waals surface area (Å²) in [4.78, 5) is 8.75. The van der Waals surface area contributed by atoms with Crippen molar-refractivity contribution in [1.29, 1.82) is 0 Å². The quantitative estimate of drug-likeness (QED) is 0.772. The maximum Gasteiger partial charge on any atom is 0.141 e. The number of pyridine rings is 1. The molecule has 0 radical (unpaired) electrons. The number of nitrogens with one attached hydrogen (secondary N) is 1. The van der Waals surface area contributed by atoms with Crippen molar-refractivity contribution in [3.8, 4) is 0 Å². The second-order valence-corrected chi connectivity index (χ2v) is 5.93. The van der Waals surface area contributed by atoms with Crippen LogP contribution in [-0.2, 0) is 6.54 Å². The smallest absolute Gasteiger partial charge is 0.141 e. The molecule has 0 aliphatic rings. The SMILES string of the molecule is CCC(NCc1nc2ccccc2s1)c1ccc(F)cn1. The molecule has 0 amide bonds. The Morgan fingerprint density at radius 3 is 2.81 bits per heavy atom. The molecule has 108 valence electrons. The summed E-state index contributed by atoms with van der Waals surface area (Å²) in [5.41, 5.74) is 1.90. The zero-order valence-electron chi connectivity index (χ0n) is 11.7. The Morgan fingerprint density at radius 1 is 1.24 bits per heavy atom. The van der Waals surface area contributed by atoms with E-state index < -0.39 is 0 Å². The predicted molar refractivity (Wildman–Crippen MR) is 83.7 cm³/mol. The van der Waals surface area contributed by atoms with E-state index >= 15 is 0 Å². The van der Waals surface area contributed by atoms with Crippen molar-refractivity contribution in [2.24, 2.45) is 0 Å². The van der Waals surface area contributed by atoms with E-state index in [1.54, 1.807) is 17.4 Å². The Balaban J connectivity index is 1.71. The van der Waals surface area contributed by atoms with Crippen LogP contribution < -0.4 is 5.32 Å². The highest BCUT2D eigenvalue weighted by Crippen LogP contribution is 2.22. The number of benzene rings is 1. The van der Waals surface area contributed by atoms with Crippen LogP contribution in [-0.4, -0.2) is 9.97 Å². The first-order valence-electron chi connectivity index (χ1n) is 6.95. The van der Waals surface area contributed by atoms with Gasteiger partial charge in [-0.05, 0) is 30.7 Å². The van der Waals surface area contributed by atoms with Crippen LogP contribution in [0.15, 0.2) is 42.6 Å². The molecule has 5 heteroatoms. The summed E-state index contributed by atoms with van der Waals surface area (Å²) in [5, 5.41) is 4.50. The molecule has 2 heterocycles. The molecule has 3 nitrogen and oxygen atoms in total. The molecule has 0 saturated heterocycles. The van der Waals surface area contributed by atoms with Gasteiger partial charge in [0.2, 0.25) is 0 Å². The lowest BCUT2D eigenvalue weighted by Gasteiger charge is -2.15. The van der Waals surface area contributed by atoms with Gasteiger partial charge in [0.1, 0.15) is 10.8 Å². The first-order chi connectivity index (χ1) is 10.3. The maximum absolute atomic E-state index is 12.9. The van der Waals surface area contributed by atoms with E-state index in [4.69, 9.17) is 0 Å². The fourth-order valence-corrected chi connectivity index (χ4v) is 3.18. The fraction of sp³-hybridized carbons (Fsp3) is 0.250. The van der Waals surface area contributed by atoms with E-state index in [-0.39, 0.29) is 11.9 Å². The van der Waals surface area contributed by atoms with Gasteiger partial charge in [0.05, 0.1) is 22.1 Å². The summed E-state index contributed by atoms with van der Waals surface area (Å²) in [6.45, 7) is 2.78. The molecule has 21 heavy (non-hydrogen) atoms. The van der Waals surface area contributed by atoms with Crippen LogP contribution in [0, 0.1) is 5.82 Å². The van der Waals surface area contributed by atoms with Crippen LogP contribution in [0.25, 0.3) is 10.2 Å². The summed E-state index contributed by atoms with van der Waals surface area (Å²) in [6, 6.07) is 11.4. The molecule has 1 aromatic carbocycles. The van der Waals surface area contributed by atoms with Crippen molar-refractivity contribution in [3.63, 3.8) is 0 Å². The summed E-state index contributed by atoms with van der Waals surface area (Å²) < 4.78 is 14.1. The number of nitrogens with zero attached hydrogens (tertiary/aromatic N) is 2. The largest absolute Gasteiger partial charge is 0.302 e. The summed E-state index contributed by atoms with van der Waals surface area (Å²) in [7, 11) is 0. The van der Waals surface area contributed by atoms with Crippen molar-refractivity contribution in [2.75, 3.05) is 0 Å². The Morgan fingerprint density at radius 2 is 2.10 bits per heavy atom. The third kappa shape index (κ3) is 3.25. The number of hydrogen-bond acceptors (Lipinski definition) is 4. The molecular weight excluding hydrogens is 285 g/mol. The van der Waals surface area contributed by atoms with Crippen molar-refractivity contribution >= 4 is 21.6 Å². The van der Waals surface area contributed by atoms with Gasteiger partial charge in [-0.3, -0.25) is 4.98 Å². The lowest BCUT2D eigenvalue weighted by Crippen LogP contribution is -2.21. The lowest BCUT2D eigenvalue weighted by atomic mass is 10.1.